The molecule has 1 N–H and O–H groups in total. The fourth-order valence-electron chi connectivity index (χ4n) is 1.56. The van der Waals surface area contributed by atoms with Gasteiger partial charge in [-0.3, -0.25) is 9.59 Å². The van der Waals surface area contributed by atoms with E-state index in [9.17, 15) is 9.59 Å². The Kier molecular flexibility index (Phi) is 4.26. The summed E-state index contributed by atoms with van der Waals surface area (Å²) < 4.78 is 0. The Morgan fingerprint density at radius 3 is 2.47 bits per heavy atom. The number of hydrogen-bond donors (Lipinski definition) is 1. The zero-order valence-corrected chi connectivity index (χ0v) is 11.2. The van der Waals surface area contributed by atoms with Crippen molar-refractivity contribution in [1.82, 2.24) is 0 Å². The van der Waals surface area contributed by atoms with E-state index in [0.717, 1.165) is 4.88 Å². The first-order valence-electron chi connectivity index (χ1n) is 5.79. The van der Waals surface area contributed by atoms with Gasteiger partial charge in [0.05, 0.1) is 0 Å². The number of hydrogen-bond acceptors (Lipinski definition) is 3. The molecule has 0 spiro atoms. The van der Waals surface area contributed by atoms with Crippen LogP contribution in [0.5, 0.6) is 0 Å². The Bertz CT molecular complexity index is 598. The first-order chi connectivity index (χ1) is 9.15. The lowest BCUT2D eigenvalue weighted by atomic mass is 10.1. The average molecular weight is 271 g/mol. The van der Waals surface area contributed by atoms with E-state index in [1.807, 2.05) is 17.5 Å². The summed E-state index contributed by atoms with van der Waals surface area (Å²) in [6.07, 6.45) is 3.36. The van der Waals surface area contributed by atoms with E-state index in [2.05, 4.69) is 5.32 Å². The number of benzene rings is 1. The molecule has 1 heterocycles. The van der Waals surface area contributed by atoms with E-state index in [4.69, 9.17) is 0 Å². The van der Waals surface area contributed by atoms with Crippen LogP contribution in [0.4, 0.5) is 5.69 Å². The Balaban J connectivity index is 2.05. The largest absolute Gasteiger partial charge is 0.326 e. The number of amides is 1. The van der Waals surface area contributed by atoms with Gasteiger partial charge in [-0.1, -0.05) is 6.07 Å². The van der Waals surface area contributed by atoms with E-state index < -0.39 is 0 Å². The zero-order valence-electron chi connectivity index (χ0n) is 10.4. The van der Waals surface area contributed by atoms with Crippen molar-refractivity contribution in [3.05, 3.63) is 58.3 Å². The van der Waals surface area contributed by atoms with Crippen LogP contribution in [0.25, 0.3) is 6.08 Å². The summed E-state index contributed by atoms with van der Waals surface area (Å²) in [5.41, 5.74) is 1.29. The molecule has 0 unspecified atom stereocenters. The molecule has 0 saturated carbocycles. The molecule has 0 fully saturated rings. The summed E-state index contributed by atoms with van der Waals surface area (Å²) in [4.78, 5) is 23.8. The quantitative estimate of drug-likeness (QED) is 0.682. The molecule has 0 aliphatic carbocycles. The summed E-state index contributed by atoms with van der Waals surface area (Å²) in [6, 6.07) is 10.7. The molecule has 2 aromatic rings. The summed E-state index contributed by atoms with van der Waals surface area (Å²) >= 11 is 1.58. The van der Waals surface area contributed by atoms with Crippen molar-refractivity contribution >= 4 is 34.8 Å². The zero-order chi connectivity index (χ0) is 13.7. The third kappa shape index (κ3) is 3.89. The lowest BCUT2D eigenvalue weighted by Crippen LogP contribution is -2.05. The highest BCUT2D eigenvalue weighted by atomic mass is 32.1. The maximum Gasteiger partial charge on any atom is 0.221 e. The molecule has 3 nitrogen and oxygen atoms in total. The molecule has 0 radical (unpaired) electrons. The lowest BCUT2D eigenvalue weighted by molar-refractivity contribution is -0.114. The number of thiophene rings is 1. The molecule has 4 heteroatoms. The smallest absolute Gasteiger partial charge is 0.221 e. The van der Waals surface area contributed by atoms with Crippen molar-refractivity contribution in [2.75, 3.05) is 5.32 Å². The van der Waals surface area contributed by atoms with Crippen molar-refractivity contribution in [2.24, 2.45) is 0 Å². The minimum Gasteiger partial charge on any atom is -0.326 e. The van der Waals surface area contributed by atoms with Gasteiger partial charge in [-0.15, -0.1) is 11.3 Å². The van der Waals surface area contributed by atoms with Crippen molar-refractivity contribution in [3.63, 3.8) is 0 Å². The first-order valence-corrected chi connectivity index (χ1v) is 6.67. The molecule has 19 heavy (non-hydrogen) atoms. The maximum absolute atomic E-state index is 11.9. The summed E-state index contributed by atoms with van der Waals surface area (Å²) in [7, 11) is 0. The molecule has 0 aliphatic heterocycles. The summed E-state index contributed by atoms with van der Waals surface area (Å²) in [5.74, 6) is -0.181. The van der Waals surface area contributed by atoms with Crippen LogP contribution in [0.3, 0.4) is 0 Å². The minimum absolute atomic E-state index is 0.0530. The van der Waals surface area contributed by atoms with Gasteiger partial charge in [0.15, 0.2) is 5.78 Å². The predicted molar refractivity (Wildman–Crippen MR) is 78.4 cm³/mol. The average Bonchev–Trinajstić information content (AvgIpc) is 2.89. The maximum atomic E-state index is 11.9. The van der Waals surface area contributed by atoms with Gasteiger partial charge in [-0.2, -0.15) is 0 Å². The van der Waals surface area contributed by atoms with Crippen LogP contribution in [0.1, 0.15) is 22.2 Å². The van der Waals surface area contributed by atoms with Gasteiger partial charge in [-0.05, 0) is 47.9 Å². The Morgan fingerprint density at radius 2 is 1.89 bits per heavy atom. The van der Waals surface area contributed by atoms with Gasteiger partial charge in [-0.25, -0.2) is 0 Å². The van der Waals surface area contributed by atoms with Gasteiger partial charge >= 0.3 is 0 Å². The molecule has 0 atom stereocenters. The van der Waals surface area contributed by atoms with Crippen molar-refractivity contribution in [2.45, 2.75) is 6.92 Å². The number of carbonyl (C=O) groups is 2. The number of rotatable bonds is 4. The normalized spacial score (nSPS) is 10.6. The second kappa shape index (κ2) is 6.11. The van der Waals surface area contributed by atoms with E-state index in [1.54, 1.807) is 47.8 Å². The SMILES string of the molecule is CC(=O)Nc1ccc(C(=O)/C=C/c2cccs2)cc1. The monoisotopic (exact) mass is 271 g/mol. The predicted octanol–water partition coefficient (Wildman–Crippen LogP) is 3.60. The summed E-state index contributed by atoms with van der Waals surface area (Å²) in [6.45, 7) is 1.45. The van der Waals surface area contributed by atoms with Crippen molar-refractivity contribution in [3.8, 4) is 0 Å². The van der Waals surface area contributed by atoms with Gasteiger partial charge in [0.2, 0.25) is 5.91 Å². The van der Waals surface area contributed by atoms with Crippen LogP contribution in [0.2, 0.25) is 0 Å². The van der Waals surface area contributed by atoms with Crippen molar-refractivity contribution in [1.29, 1.82) is 0 Å². The highest BCUT2D eigenvalue weighted by Crippen LogP contribution is 2.13. The first kappa shape index (κ1) is 13.2. The Labute approximate surface area is 115 Å². The second-order valence-electron chi connectivity index (χ2n) is 3.97. The number of anilines is 1. The Morgan fingerprint density at radius 1 is 1.16 bits per heavy atom. The van der Waals surface area contributed by atoms with Crippen LogP contribution in [-0.2, 0) is 4.79 Å². The van der Waals surface area contributed by atoms with E-state index in [0.29, 0.717) is 11.3 Å². The summed E-state index contributed by atoms with van der Waals surface area (Å²) in [5, 5.41) is 4.62. The number of carbonyl (C=O) groups excluding carboxylic acids is 2. The molecule has 1 aromatic heterocycles. The van der Waals surface area contributed by atoms with Crippen LogP contribution in [-0.4, -0.2) is 11.7 Å². The topological polar surface area (TPSA) is 46.2 Å². The van der Waals surface area contributed by atoms with Crippen LogP contribution >= 0.6 is 11.3 Å². The minimum atomic E-state index is -0.128. The van der Waals surface area contributed by atoms with Gasteiger partial charge < -0.3 is 5.32 Å². The lowest BCUT2D eigenvalue weighted by Gasteiger charge is -2.02. The van der Waals surface area contributed by atoms with E-state index in [-0.39, 0.29) is 11.7 Å². The standard InChI is InChI=1S/C15H13NO2S/c1-11(17)16-13-6-4-12(5-7-13)15(18)9-8-14-3-2-10-19-14/h2-10H,1H3,(H,16,17)/b9-8+. The highest BCUT2D eigenvalue weighted by Gasteiger charge is 2.02. The van der Waals surface area contributed by atoms with Gasteiger partial charge in [0.25, 0.3) is 0 Å². The van der Waals surface area contributed by atoms with E-state index in [1.165, 1.54) is 6.92 Å². The van der Waals surface area contributed by atoms with Crippen LogP contribution < -0.4 is 5.32 Å². The van der Waals surface area contributed by atoms with Crippen molar-refractivity contribution < 1.29 is 9.59 Å². The molecule has 1 amide bonds. The van der Waals surface area contributed by atoms with Gasteiger partial charge in [0.1, 0.15) is 0 Å². The fraction of sp³-hybridized carbons (Fsp3) is 0.0667. The number of allylic oxidation sites excluding steroid dienone is 1. The Hall–Kier alpha value is -2.20. The molecule has 2 rings (SSSR count). The third-order valence-corrected chi connectivity index (χ3v) is 3.27. The number of ketones is 1. The van der Waals surface area contributed by atoms with Crippen LogP contribution in [0, 0.1) is 0 Å². The fourth-order valence-corrected chi connectivity index (χ4v) is 2.18. The second-order valence-corrected chi connectivity index (χ2v) is 4.95. The van der Waals surface area contributed by atoms with Gasteiger partial charge in [0, 0.05) is 23.1 Å². The van der Waals surface area contributed by atoms with Crippen LogP contribution in [0.15, 0.2) is 47.9 Å². The molecule has 0 saturated heterocycles. The molecular formula is C15H13NO2S. The number of nitrogens with one attached hydrogen (secondary N) is 1. The molecule has 0 bridgehead atoms. The molecule has 1 aromatic carbocycles. The molecule has 0 aliphatic rings. The molecular weight excluding hydrogens is 258 g/mol. The third-order valence-electron chi connectivity index (χ3n) is 2.43. The van der Waals surface area contributed by atoms with E-state index >= 15 is 0 Å². The highest BCUT2D eigenvalue weighted by molar-refractivity contribution is 7.10. The molecule has 96 valence electrons.